The molecule has 0 aliphatic heterocycles. The van der Waals surface area contributed by atoms with Crippen molar-refractivity contribution in [3.05, 3.63) is 83.9 Å². The number of methoxy groups -OCH3 is 2. The standard InChI is InChI=1S/C26H29N3O6S/c1-18(19-10-6-5-7-11-19)27-26(31)21-12-8-9-13-22(21)28-25(30)17-29(36(4,32)33)20-14-15-23(34-2)24(16-20)35-3/h5-16,18H,17H2,1-4H3,(H,27,31)(H,28,30)/t18-/m0/s1. The number of benzene rings is 3. The zero-order valence-electron chi connectivity index (χ0n) is 20.5. The smallest absolute Gasteiger partial charge is 0.253 e. The normalized spacial score (nSPS) is 11.8. The predicted octanol–water partition coefficient (Wildman–Crippen LogP) is 3.60. The van der Waals surface area contributed by atoms with Crippen molar-refractivity contribution < 1.29 is 27.5 Å². The van der Waals surface area contributed by atoms with Gasteiger partial charge >= 0.3 is 0 Å². The molecule has 9 nitrogen and oxygen atoms in total. The average Bonchev–Trinajstić information content (AvgIpc) is 2.87. The van der Waals surface area contributed by atoms with E-state index >= 15 is 0 Å². The third-order valence-electron chi connectivity index (χ3n) is 5.44. The molecule has 0 unspecified atom stereocenters. The number of sulfonamides is 1. The fourth-order valence-electron chi connectivity index (χ4n) is 3.59. The maximum absolute atomic E-state index is 13.0. The van der Waals surface area contributed by atoms with Crippen molar-refractivity contribution in [2.75, 3.05) is 36.6 Å². The van der Waals surface area contributed by atoms with Crippen molar-refractivity contribution >= 4 is 33.2 Å². The Morgan fingerprint density at radius 1 is 0.917 bits per heavy atom. The second kappa shape index (κ2) is 11.6. The van der Waals surface area contributed by atoms with Crippen LogP contribution in [0.1, 0.15) is 28.9 Å². The lowest BCUT2D eigenvalue weighted by Crippen LogP contribution is -2.37. The molecule has 10 heteroatoms. The third kappa shape index (κ3) is 6.54. The molecular formula is C26H29N3O6S. The van der Waals surface area contributed by atoms with Crippen LogP contribution in [-0.2, 0) is 14.8 Å². The van der Waals surface area contributed by atoms with Crippen LogP contribution in [-0.4, -0.2) is 47.3 Å². The number of amides is 2. The Labute approximate surface area is 211 Å². The van der Waals surface area contributed by atoms with Gasteiger partial charge in [-0.05, 0) is 36.8 Å². The first-order chi connectivity index (χ1) is 17.1. The van der Waals surface area contributed by atoms with Gasteiger partial charge < -0.3 is 20.1 Å². The maximum Gasteiger partial charge on any atom is 0.253 e. The maximum atomic E-state index is 13.0. The molecular weight excluding hydrogens is 482 g/mol. The molecule has 0 bridgehead atoms. The molecule has 1 atom stereocenters. The number of anilines is 2. The average molecular weight is 512 g/mol. The third-order valence-corrected chi connectivity index (χ3v) is 6.58. The lowest BCUT2D eigenvalue weighted by atomic mass is 10.1. The summed E-state index contributed by atoms with van der Waals surface area (Å²) < 4.78 is 36.4. The number of carbonyl (C=O) groups is 2. The highest BCUT2D eigenvalue weighted by Crippen LogP contribution is 2.32. The van der Waals surface area contributed by atoms with E-state index in [0.717, 1.165) is 16.1 Å². The molecule has 0 heterocycles. The van der Waals surface area contributed by atoms with E-state index in [9.17, 15) is 18.0 Å². The van der Waals surface area contributed by atoms with E-state index in [0.29, 0.717) is 11.5 Å². The van der Waals surface area contributed by atoms with Crippen LogP contribution in [0.2, 0.25) is 0 Å². The highest BCUT2D eigenvalue weighted by atomic mass is 32.2. The highest BCUT2D eigenvalue weighted by Gasteiger charge is 2.23. The minimum absolute atomic E-state index is 0.230. The SMILES string of the molecule is COc1ccc(N(CC(=O)Nc2ccccc2C(=O)N[C@@H](C)c2ccccc2)S(C)(=O)=O)cc1OC. The van der Waals surface area contributed by atoms with Crippen molar-refractivity contribution in [1.82, 2.24) is 5.32 Å². The number of nitrogens with zero attached hydrogens (tertiary/aromatic N) is 1. The van der Waals surface area contributed by atoms with Gasteiger partial charge in [-0.1, -0.05) is 42.5 Å². The van der Waals surface area contributed by atoms with Gasteiger partial charge in [0.05, 0.1) is 43.5 Å². The molecule has 0 aliphatic carbocycles. The van der Waals surface area contributed by atoms with Crippen molar-refractivity contribution in [2.24, 2.45) is 0 Å². The number of nitrogens with one attached hydrogen (secondary N) is 2. The molecule has 2 amide bonds. The minimum Gasteiger partial charge on any atom is -0.493 e. The van der Waals surface area contributed by atoms with Crippen LogP contribution in [0.15, 0.2) is 72.8 Å². The van der Waals surface area contributed by atoms with E-state index < -0.39 is 22.5 Å². The molecule has 2 N–H and O–H groups in total. The van der Waals surface area contributed by atoms with Crippen molar-refractivity contribution in [1.29, 1.82) is 0 Å². The van der Waals surface area contributed by atoms with E-state index in [1.165, 1.54) is 26.4 Å². The molecule has 3 aromatic rings. The molecule has 0 spiro atoms. The molecule has 3 rings (SSSR count). The summed E-state index contributed by atoms with van der Waals surface area (Å²) in [6.45, 7) is 1.35. The van der Waals surface area contributed by atoms with Gasteiger partial charge in [-0.2, -0.15) is 0 Å². The Balaban J connectivity index is 1.79. The molecule has 3 aromatic carbocycles. The molecule has 36 heavy (non-hydrogen) atoms. The Hall–Kier alpha value is -4.05. The van der Waals surface area contributed by atoms with Gasteiger partial charge in [-0.3, -0.25) is 13.9 Å². The summed E-state index contributed by atoms with van der Waals surface area (Å²) in [5.74, 6) is -0.254. The van der Waals surface area contributed by atoms with Crippen LogP contribution in [0, 0.1) is 0 Å². The summed E-state index contributed by atoms with van der Waals surface area (Å²) in [6.07, 6.45) is 1.00. The van der Waals surface area contributed by atoms with Crippen molar-refractivity contribution in [2.45, 2.75) is 13.0 Å². The molecule has 0 radical (unpaired) electrons. The zero-order chi connectivity index (χ0) is 26.3. The lowest BCUT2D eigenvalue weighted by Gasteiger charge is -2.23. The molecule has 0 saturated heterocycles. The van der Waals surface area contributed by atoms with E-state index in [-0.39, 0.29) is 28.9 Å². The Morgan fingerprint density at radius 2 is 1.56 bits per heavy atom. The summed E-state index contributed by atoms with van der Waals surface area (Å²) in [7, 11) is -0.930. The summed E-state index contributed by atoms with van der Waals surface area (Å²) >= 11 is 0. The zero-order valence-corrected chi connectivity index (χ0v) is 21.3. The Bertz CT molecular complexity index is 1330. The van der Waals surface area contributed by atoms with Crippen LogP contribution in [0.5, 0.6) is 11.5 Å². The number of rotatable bonds is 10. The summed E-state index contributed by atoms with van der Waals surface area (Å²) in [4.78, 5) is 25.9. The van der Waals surface area contributed by atoms with E-state index in [1.807, 2.05) is 37.3 Å². The van der Waals surface area contributed by atoms with Crippen LogP contribution >= 0.6 is 0 Å². The molecule has 0 aromatic heterocycles. The summed E-state index contributed by atoms with van der Waals surface area (Å²) in [5, 5.41) is 5.58. The topological polar surface area (TPSA) is 114 Å². The number of hydrogen-bond acceptors (Lipinski definition) is 6. The quantitative estimate of drug-likeness (QED) is 0.430. The summed E-state index contributed by atoms with van der Waals surface area (Å²) in [5.41, 5.74) is 1.69. The van der Waals surface area contributed by atoms with Gasteiger partial charge in [0.25, 0.3) is 5.91 Å². The fourth-order valence-corrected chi connectivity index (χ4v) is 4.44. The number of ether oxygens (including phenoxy) is 2. The summed E-state index contributed by atoms with van der Waals surface area (Å²) in [6, 6.07) is 20.3. The number of carbonyl (C=O) groups excluding carboxylic acids is 2. The molecule has 0 aliphatic rings. The highest BCUT2D eigenvalue weighted by molar-refractivity contribution is 7.92. The van der Waals surface area contributed by atoms with Gasteiger partial charge in [0, 0.05) is 6.07 Å². The van der Waals surface area contributed by atoms with Crippen molar-refractivity contribution in [3.63, 3.8) is 0 Å². The molecule has 190 valence electrons. The first-order valence-electron chi connectivity index (χ1n) is 11.1. The van der Waals surface area contributed by atoms with Crippen LogP contribution in [0.25, 0.3) is 0 Å². The molecule has 0 saturated carbocycles. The van der Waals surface area contributed by atoms with Gasteiger partial charge in [0.15, 0.2) is 11.5 Å². The van der Waals surface area contributed by atoms with E-state index in [2.05, 4.69) is 10.6 Å². The lowest BCUT2D eigenvalue weighted by molar-refractivity contribution is -0.114. The Kier molecular flexibility index (Phi) is 8.55. The van der Waals surface area contributed by atoms with E-state index in [1.54, 1.807) is 30.3 Å². The van der Waals surface area contributed by atoms with Crippen molar-refractivity contribution in [3.8, 4) is 11.5 Å². The fraction of sp³-hybridized carbons (Fsp3) is 0.231. The predicted molar refractivity (Wildman–Crippen MR) is 139 cm³/mol. The largest absolute Gasteiger partial charge is 0.493 e. The van der Waals surface area contributed by atoms with Crippen LogP contribution in [0.3, 0.4) is 0 Å². The first-order valence-corrected chi connectivity index (χ1v) is 12.9. The van der Waals surface area contributed by atoms with Gasteiger partial charge in [-0.25, -0.2) is 8.42 Å². The van der Waals surface area contributed by atoms with E-state index in [4.69, 9.17) is 9.47 Å². The second-order valence-electron chi connectivity index (χ2n) is 8.01. The minimum atomic E-state index is -3.83. The van der Waals surface area contributed by atoms with Gasteiger partial charge in [0.1, 0.15) is 6.54 Å². The Morgan fingerprint density at radius 3 is 2.19 bits per heavy atom. The first kappa shape index (κ1) is 26.6. The second-order valence-corrected chi connectivity index (χ2v) is 9.92. The van der Waals surface area contributed by atoms with Crippen LogP contribution < -0.4 is 24.4 Å². The van der Waals surface area contributed by atoms with Gasteiger partial charge in [0.2, 0.25) is 15.9 Å². The van der Waals surface area contributed by atoms with Gasteiger partial charge in [-0.15, -0.1) is 0 Å². The monoisotopic (exact) mass is 511 g/mol. The number of para-hydroxylation sites is 1. The van der Waals surface area contributed by atoms with Crippen LogP contribution in [0.4, 0.5) is 11.4 Å². The molecule has 0 fully saturated rings. The number of hydrogen-bond donors (Lipinski definition) is 2.